The van der Waals surface area contributed by atoms with Crippen molar-refractivity contribution in [3.8, 4) is 0 Å². The van der Waals surface area contributed by atoms with Crippen LogP contribution in [0, 0.1) is 0 Å². The van der Waals surface area contributed by atoms with Gasteiger partial charge in [0.05, 0.1) is 25.4 Å². The highest BCUT2D eigenvalue weighted by molar-refractivity contribution is 7.46. The highest BCUT2D eigenvalue weighted by Crippen LogP contribution is 2.37. The lowest BCUT2D eigenvalue weighted by atomic mass is 10.1. The fraction of sp³-hybridized carbons (Fsp3) is 1.00. The maximum absolute atomic E-state index is 10.6. The Morgan fingerprint density at radius 2 is 1.57 bits per heavy atom. The summed E-state index contributed by atoms with van der Waals surface area (Å²) in [7, 11) is -4.44. The van der Waals surface area contributed by atoms with Crippen LogP contribution in [-0.2, 0) is 18.6 Å². The molecule has 0 spiro atoms. The minimum Gasteiger partial charge on any atom is -0.379 e. The Labute approximate surface area is 128 Å². The third-order valence-electron chi connectivity index (χ3n) is 2.93. The van der Waals surface area contributed by atoms with Gasteiger partial charge >= 0.3 is 7.82 Å². The molecule has 7 heteroatoms. The third-order valence-corrected chi connectivity index (χ3v) is 3.56. The molecule has 128 valence electrons. The number of unbranched alkanes of at least 4 members (excludes halogenated alkanes) is 5. The van der Waals surface area contributed by atoms with Crippen molar-refractivity contribution in [1.82, 2.24) is 0 Å². The second-order valence-corrected chi connectivity index (χ2v) is 6.59. The predicted molar refractivity (Wildman–Crippen MR) is 82.2 cm³/mol. The molecule has 0 amide bonds. The van der Waals surface area contributed by atoms with E-state index >= 15 is 0 Å². The summed E-state index contributed by atoms with van der Waals surface area (Å²) in [6.45, 7) is 6.98. The Hall–Kier alpha value is 0.0300. The SMILES string of the molecule is CCCCCCCCOCC(C)OCC(C)OP(=O)(O)O. The van der Waals surface area contributed by atoms with Crippen LogP contribution in [-0.4, -0.2) is 41.8 Å². The highest BCUT2D eigenvalue weighted by Gasteiger charge is 2.19. The molecule has 0 bridgehead atoms. The third kappa shape index (κ3) is 16.2. The summed E-state index contributed by atoms with van der Waals surface area (Å²) >= 11 is 0. The van der Waals surface area contributed by atoms with Crippen LogP contribution in [0.2, 0.25) is 0 Å². The van der Waals surface area contributed by atoms with E-state index < -0.39 is 13.9 Å². The van der Waals surface area contributed by atoms with E-state index in [0.29, 0.717) is 6.61 Å². The van der Waals surface area contributed by atoms with Gasteiger partial charge in [-0.1, -0.05) is 39.0 Å². The van der Waals surface area contributed by atoms with Crippen LogP contribution >= 0.6 is 7.82 Å². The molecule has 0 saturated carbocycles. The van der Waals surface area contributed by atoms with Gasteiger partial charge in [-0.3, -0.25) is 4.52 Å². The monoisotopic (exact) mass is 326 g/mol. The number of ether oxygens (including phenoxy) is 2. The second-order valence-electron chi connectivity index (χ2n) is 5.39. The van der Waals surface area contributed by atoms with E-state index in [9.17, 15) is 4.57 Å². The van der Waals surface area contributed by atoms with Crippen LogP contribution in [0.3, 0.4) is 0 Å². The summed E-state index contributed by atoms with van der Waals surface area (Å²) in [6, 6.07) is 0. The van der Waals surface area contributed by atoms with E-state index in [1.165, 1.54) is 32.1 Å². The van der Waals surface area contributed by atoms with E-state index in [-0.39, 0.29) is 12.7 Å². The Balaban J connectivity index is 3.42. The number of hydrogen-bond donors (Lipinski definition) is 2. The van der Waals surface area contributed by atoms with E-state index in [1.54, 1.807) is 6.92 Å². The van der Waals surface area contributed by atoms with Crippen LogP contribution in [0.4, 0.5) is 0 Å². The lowest BCUT2D eigenvalue weighted by Gasteiger charge is -2.18. The zero-order valence-corrected chi connectivity index (χ0v) is 14.4. The lowest BCUT2D eigenvalue weighted by Crippen LogP contribution is -2.23. The van der Waals surface area contributed by atoms with Crippen molar-refractivity contribution in [1.29, 1.82) is 0 Å². The molecule has 0 aliphatic rings. The molecule has 2 unspecified atom stereocenters. The van der Waals surface area contributed by atoms with Crippen LogP contribution in [0.15, 0.2) is 0 Å². The first-order valence-corrected chi connectivity index (χ1v) is 9.31. The van der Waals surface area contributed by atoms with Gasteiger partial charge in [-0.05, 0) is 20.3 Å². The summed E-state index contributed by atoms with van der Waals surface area (Å²) in [5.41, 5.74) is 0. The number of hydrogen-bond acceptors (Lipinski definition) is 4. The molecule has 0 aliphatic heterocycles. The van der Waals surface area contributed by atoms with E-state index in [0.717, 1.165) is 13.0 Å². The standard InChI is InChI=1S/C14H31O6P/c1-4-5-6-7-8-9-10-18-11-13(2)19-12-14(3)20-21(15,16)17/h13-14H,4-12H2,1-3H3,(H2,15,16,17). The van der Waals surface area contributed by atoms with Crippen molar-refractivity contribution in [2.45, 2.75) is 71.5 Å². The first-order chi connectivity index (χ1) is 9.85. The number of phosphoric ester groups is 1. The van der Waals surface area contributed by atoms with Gasteiger partial charge in [0.15, 0.2) is 0 Å². The van der Waals surface area contributed by atoms with Gasteiger partial charge in [0.1, 0.15) is 0 Å². The van der Waals surface area contributed by atoms with Gasteiger partial charge in [-0.2, -0.15) is 0 Å². The van der Waals surface area contributed by atoms with Gasteiger partial charge < -0.3 is 19.3 Å². The number of rotatable bonds is 14. The molecule has 0 fully saturated rings. The quantitative estimate of drug-likeness (QED) is 0.376. The van der Waals surface area contributed by atoms with Crippen molar-refractivity contribution in [2.24, 2.45) is 0 Å². The fourth-order valence-corrected chi connectivity index (χ4v) is 2.38. The summed E-state index contributed by atoms with van der Waals surface area (Å²) in [5.74, 6) is 0. The molecule has 0 aromatic carbocycles. The maximum Gasteiger partial charge on any atom is 0.469 e. The van der Waals surface area contributed by atoms with Crippen molar-refractivity contribution in [3.05, 3.63) is 0 Å². The Morgan fingerprint density at radius 3 is 2.19 bits per heavy atom. The molecule has 0 heterocycles. The lowest BCUT2D eigenvalue weighted by molar-refractivity contribution is -0.0362. The van der Waals surface area contributed by atoms with Gasteiger partial charge in [0.25, 0.3) is 0 Å². The van der Waals surface area contributed by atoms with Crippen molar-refractivity contribution in [3.63, 3.8) is 0 Å². The van der Waals surface area contributed by atoms with Crippen molar-refractivity contribution in [2.75, 3.05) is 19.8 Å². The van der Waals surface area contributed by atoms with E-state index in [4.69, 9.17) is 19.3 Å². The molecule has 2 atom stereocenters. The fourth-order valence-electron chi connectivity index (χ4n) is 1.85. The first kappa shape index (κ1) is 21.0. The molecule has 21 heavy (non-hydrogen) atoms. The summed E-state index contributed by atoms with van der Waals surface area (Å²) in [5, 5.41) is 0. The topological polar surface area (TPSA) is 85.2 Å². The number of phosphoric acid groups is 1. The molecular weight excluding hydrogens is 295 g/mol. The molecule has 0 rings (SSSR count). The second kappa shape index (κ2) is 12.6. The van der Waals surface area contributed by atoms with Gasteiger partial charge in [-0.15, -0.1) is 0 Å². The summed E-state index contributed by atoms with van der Waals surface area (Å²) in [6.07, 6.45) is 6.63. The van der Waals surface area contributed by atoms with Crippen LogP contribution in [0.5, 0.6) is 0 Å². The Bertz CT molecular complexity index is 281. The van der Waals surface area contributed by atoms with Gasteiger partial charge in [-0.25, -0.2) is 4.57 Å². The summed E-state index contributed by atoms with van der Waals surface area (Å²) in [4.78, 5) is 17.3. The van der Waals surface area contributed by atoms with Crippen LogP contribution in [0.1, 0.15) is 59.3 Å². The van der Waals surface area contributed by atoms with Crippen LogP contribution in [0.25, 0.3) is 0 Å². The van der Waals surface area contributed by atoms with Crippen molar-refractivity contribution >= 4 is 7.82 Å². The van der Waals surface area contributed by atoms with Gasteiger partial charge in [0, 0.05) is 6.61 Å². The molecule has 0 aliphatic carbocycles. The van der Waals surface area contributed by atoms with Crippen LogP contribution < -0.4 is 0 Å². The largest absolute Gasteiger partial charge is 0.469 e. The molecule has 6 nitrogen and oxygen atoms in total. The molecular formula is C14H31O6P. The minimum atomic E-state index is -4.44. The van der Waals surface area contributed by atoms with E-state index in [1.807, 2.05) is 6.92 Å². The zero-order valence-electron chi connectivity index (χ0n) is 13.5. The van der Waals surface area contributed by atoms with E-state index in [2.05, 4.69) is 11.4 Å². The maximum atomic E-state index is 10.6. The first-order valence-electron chi connectivity index (χ1n) is 7.78. The molecule has 0 radical (unpaired) electrons. The zero-order chi connectivity index (χ0) is 16.1. The van der Waals surface area contributed by atoms with Crippen molar-refractivity contribution < 1.29 is 28.3 Å². The highest BCUT2D eigenvalue weighted by atomic mass is 31.2. The minimum absolute atomic E-state index is 0.118. The Kier molecular flexibility index (Phi) is 12.6. The average molecular weight is 326 g/mol. The smallest absolute Gasteiger partial charge is 0.379 e. The molecule has 2 N–H and O–H groups in total. The average Bonchev–Trinajstić information content (AvgIpc) is 2.37. The molecule has 0 saturated heterocycles. The summed E-state index contributed by atoms with van der Waals surface area (Å²) < 4.78 is 26.0. The predicted octanol–water partition coefficient (Wildman–Crippen LogP) is 3.27. The van der Waals surface area contributed by atoms with Gasteiger partial charge in [0.2, 0.25) is 0 Å². The molecule has 0 aromatic heterocycles. The Morgan fingerprint density at radius 1 is 0.952 bits per heavy atom. The molecule has 0 aromatic rings. The normalized spacial score (nSPS) is 15.1.